The zero-order valence-electron chi connectivity index (χ0n) is 19.5. The zero-order valence-corrected chi connectivity index (χ0v) is 19.5. The van der Waals surface area contributed by atoms with E-state index in [1.54, 1.807) is 25.4 Å². The fourth-order valence-corrected chi connectivity index (χ4v) is 4.64. The minimum absolute atomic E-state index is 0.335. The smallest absolute Gasteiger partial charge is 0.281 e. The van der Waals surface area contributed by atoms with Crippen LogP contribution >= 0.6 is 0 Å². The summed E-state index contributed by atoms with van der Waals surface area (Å²) in [5.74, 6) is 1.69. The summed E-state index contributed by atoms with van der Waals surface area (Å²) in [5.41, 5.74) is 1.37. The first-order valence-corrected chi connectivity index (χ1v) is 11.9. The molecule has 1 amide bonds. The number of aromatic nitrogens is 3. The second-order valence-electron chi connectivity index (χ2n) is 8.59. The van der Waals surface area contributed by atoms with Gasteiger partial charge in [-0.3, -0.25) is 14.3 Å². The Hall–Kier alpha value is -3.46. The van der Waals surface area contributed by atoms with Crippen molar-refractivity contribution >= 4 is 22.6 Å². The van der Waals surface area contributed by atoms with E-state index in [0.29, 0.717) is 41.3 Å². The van der Waals surface area contributed by atoms with Gasteiger partial charge in [-0.2, -0.15) is 4.99 Å². The van der Waals surface area contributed by atoms with Gasteiger partial charge in [0.05, 0.1) is 19.3 Å². The largest absolute Gasteiger partial charge is 0.491 e. The number of methoxy groups -OCH3 is 1. The molecule has 3 aromatic rings. The van der Waals surface area contributed by atoms with Crippen LogP contribution in [0.25, 0.3) is 10.9 Å². The summed E-state index contributed by atoms with van der Waals surface area (Å²) in [6.45, 7) is 5.43. The third-order valence-corrected chi connectivity index (χ3v) is 6.34. The number of benzene rings is 1. The molecule has 0 radical (unpaired) electrons. The first kappa shape index (κ1) is 22.3. The topological polar surface area (TPSA) is 93.9 Å². The van der Waals surface area contributed by atoms with Crippen LogP contribution < -0.4 is 20.4 Å². The summed E-state index contributed by atoms with van der Waals surface area (Å²) in [6, 6.07) is 7.33. The van der Waals surface area contributed by atoms with E-state index >= 15 is 0 Å². The van der Waals surface area contributed by atoms with Crippen molar-refractivity contribution in [2.24, 2.45) is 4.99 Å². The van der Waals surface area contributed by atoms with E-state index in [1.165, 1.54) is 38.5 Å². The summed E-state index contributed by atoms with van der Waals surface area (Å²) >= 11 is 0. The number of hydrogen-bond donors (Lipinski definition) is 1. The number of likely N-dealkylation sites (tertiary alicyclic amines) is 1. The Morgan fingerprint density at radius 3 is 2.85 bits per heavy atom. The van der Waals surface area contributed by atoms with Crippen molar-refractivity contribution in [3.63, 3.8) is 0 Å². The van der Waals surface area contributed by atoms with Crippen LogP contribution in [0.5, 0.6) is 11.5 Å². The van der Waals surface area contributed by atoms with Gasteiger partial charge in [0.25, 0.3) is 5.91 Å². The van der Waals surface area contributed by atoms with Crippen LogP contribution in [0.2, 0.25) is 0 Å². The first-order valence-electron chi connectivity index (χ1n) is 11.9. The lowest BCUT2D eigenvalue weighted by atomic mass is 10.1. The molecular weight excluding hydrogens is 432 g/mol. The van der Waals surface area contributed by atoms with E-state index in [1.807, 2.05) is 16.7 Å². The van der Waals surface area contributed by atoms with Crippen molar-refractivity contribution in [1.29, 1.82) is 0 Å². The number of carbonyl (C=O) groups is 1. The summed E-state index contributed by atoms with van der Waals surface area (Å²) in [6.07, 6.45) is 8.01. The molecule has 4 heterocycles. The summed E-state index contributed by atoms with van der Waals surface area (Å²) in [5, 5.41) is 4.30. The lowest BCUT2D eigenvalue weighted by Crippen LogP contribution is -2.31. The number of nitrogens with one attached hydrogen (secondary N) is 1. The average molecular weight is 463 g/mol. The lowest BCUT2D eigenvalue weighted by molar-refractivity contribution is 0.0996. The van der Waals surface area contributed by atoms with Crippen molar-refractivity contribution in [2.45, 2.75) is 32.2 Å². The molecule has 0 unspecified atom stereocenters. The number of carbonyl (C=O) groups excluding carboxylic acids is 1. The number of ether oxygens (including phenoxy) is 2. The molecule has 1 saturated heterocycles. The van der Waals surface area contributed by atoms with Crippen LogP contribution in [-0.4, -0.2) is 65.2 Å². The van der Waals surface area contributed by atoms with Gasteiger partial charge < -0.3 is 19.7 Å². The number of piperidine rings is 1. The highest BCUT2D eigenvalue weighted by atomic mass is 16.5. The molecule has 9 heteroatoms. The van der Waals surface area contributed by atoms with Gasteiger partial charge in [-0.25, -0.2) is 4.98 Å². The molecule has 1 aromatic carbocycles. The van der Waals surface area contributed by atoms with Gasteiger partial charge in [-0.05, 0) is 56.6 Å². The van der Waals surface area contributed by atoms with Gasteiger partial charge in [0.1, 0.15) is 11.3 Å². The molecule has 2 aromatic heterocycles. The highest BCUT2D eigenvalue weighted by Gasteiger charge is 2.21. The van der Waals surface area contributed by atoms with Gasteiger partial charge >= 0.3 is 0 Å². The van der Waals surface area contributed by atoms with Gasteiger partial charge in [-0.1, -0.05) is 6.42 Å². The maximum atomic E-state index is 12.7. The quantitative estimate of drug-likeness (QED) is 0.540. The third kappa shape index (κ3) is 4.61. The second-order valence-corrected chi connectivity index (χ2v) is 8.59. The molecular formula is C25H30N6O3. The Bertz CT molecular complexity index is 1230. The van der Waals surface area contributed by atoms with Crippen molar-refractivity contribution in [3.05, 3.63) is 47.8 Å². The van der Waals surface area contributed by atoms with Crippen molar-refractivity contribution in [2.75, 3.05) is 45.2 Å². The van der Waals surface area contributed by atoms with Gasteiger partial charge in [0.15, 0.2) is 11.5 Å². The maximum absolute atomic E-state index is 12.7. The summed E-state index contributed by atoms with van der Waals surface area (Å²) < 4.78 is 13.8. The molecule has 0 atom stereocenters. The first-order chi connectivity index (χ1) is 16.7. The third-order valence-electron chi connectivity index (χ3n) is 6.34. The number of rotatable bonds is 7. The highest BCUT2D eigenvalue weighted by molar-refractivity contribution is 5.96. The molecule has 0 spiro atoms. The average Bonchev–Trinajstić information content (AvgIpc) is 3.38. The van der Waals surface area contributed by atoms with E-state index in [2.05, 4.69) is 20.2 Å². The number of amides is 1. The zero-order chi connectivity index (χ0) is 23.3. The number of fused-ring (bicyclic) bond motifs is 3. The Morgan fingerprint density at radius 1 is 1.18 bits per heavy atom. The fraction of sp³-hybridized carbons (Fsp3) is 0.440. The van der Waals surface area contributed by atoms with Crippen molar-refractivity contribution in [1.82, 2.24) is 19.4 Å². The predicted octanol–water partition coefficient (Wildman–Crippen LogP) is 2.86. The van der Waals surface area contributed by atoms with Crippen LogP contribution in [0.1, 0.15) is 36.0 Å². The molecule has 34 heavy (non-hydrogen) atoms. The van der Waals surface area contributed by atoms with Crippen molar-refractivity contribution < 1.29 is 14.3 Å². The van der Waals surface area contributed by atoms with Gasteiger partial charge in [-0.15, -0.1) is 0 Å². The minimum atomic E-state index is -0.384. The van der Waals surface area contributed by atoms with Crippen molar-refractivity contribution in [3.8, 4) is 11.5 Å². The Kier molecular flexibility index (Phi) is 6.71. The maximum Gasteiger partial charge on any atom is 0.281 e. The molecule has 0 saturated carbocycles. The normalized spacial score (nSPS) is 16.3. The fourth-order valence-electron chi connectivity index (χ4n) is 4.64. The number of nitrogens with zero attached hydrogens (tertiary/aromatic N) is 5. The Morgan fingerprint density at radius 2 is 2.06 bits per heavy atom. The van der Waals surface area contributed by atoms with Gasteiger partial charge in [0.2, 0.25) is 5.62 Å². The lowest BCUT2D eigenvalue weighted by Gasteiger charge is -2.26. The standard InChI is InChI=1S/C25H30N6O3/c1-33-22-20(34-16-6-14-30-12-3-2-4-13-30)9-8-19-21(22)28-25(31-15-11-27-23(19)31)29-24(32)18-7-5-10-26-17-18/h5,7-10,17,27H,2-4,6,11-16H2,1H3. The van der Waals surface area contributed by atoms with E-state index < -0.39 is 0 Å². The van der Waals surface area contributed by atoms with Gasteiger partial charge in [0, 0.05) is 37.4 Å². The number of anilines is 1. The van der Waals surface area contributed by atoms with Crippen LogP contribution in [0.3, 0.4) is 0 Å². The van der Waals surface area contributed by atoms with E-state index in [4.69, 9.17) is 14.5 Å². The Labute approximate surface area is 198 Å². The molecule has 5 rings (SSSR count). The van der Waals surface area contributed by atoms with Crippen LogP contribution in [0.4, 0.5) is 5.82 Å². The molecule has 1 N–H and O–H groups in total. The molecule has 0 aliphatic carbocycles. The SMILES string of the molecule is COc1c(OCCCN2CCCCC2)ccc2c3n(c(=NC(=O)c4cccnc4)nc12)CCN3. The number of hydrogen-bond acceptors (Lipinski definition) is 7. The van der Waals surface area contributed by atoms with E-state index in [-0.39, 0.29) is 5.91 Å². The molecule has 1 fully saturated rings. The molecule has 9 nitrogen and oxygen atoms in total. The highest BCUT2D eigenvalue weighted by Crippen LogP contribution is 2.37. The number of pyridine rings is 1. The summed E-state index contributed by atoms with van der Waals surface area (Å²) in [4.78, 5) is 28.3. The van der Waals surface area contributed by atoms with Crippen LogP contribution in [-0.2, 0) is 6.54 Å². The van der Waals surface area contributed by atoms with E-state index in [9.17, 15) is 4.79 Å². The molecule has 2 aliphatic heterocycles. The monoisotopic (exact) mass is 462 g/mol. The molecule has 0 bridgehead atoms. The van der Waals surface area contributed by atoms with Crippen LogP contribution in [0, 0.1) is 0 Å². The summed E-state index contributed by atoms with van der Waals surface area (Å²) in [7, 11) is 1.61. The van der Waals surface area contributed by atoms with E-state index in [0.717, 1.165) is 30.7 Å². The second kappa shape index (κ2) is 10.2. The molecule has 178 valence electrons. The minimum Gasteiger partial charge on any atom is -0.491 e. The van der Waals surface area contributed by atoms with Crippen LogP contribution in [0.15, 0.2) is 41.7 Å². The molecule has 2 aliphatic rings. The Balaban J connectivity index is 1.44. The predicted molar refractivity (Wildman–Crippen MR) is 129 cm³/mol.